The van der Waals surface area contributed by atoms with Crippen molar-refractivity contribution in [3.05, 3.63) is 283 Å². The first-order chi connectivity index (χ1) is 68.4. The standard InChI is InChI=1S/C37H42F4N4O3.C35H36ClF4N3O3.C33H35F4N3O2.C2H2Cl2O.C2H7N.2CH4/c1-23-14-17-26(21-30(23)37(39,40)41)42-35(47)29-12-8-20-44(36(48)33-24(2)9-7-13-31(33)38)34(29)25-15-18-28(19-16-25)45(27-10-5-6-11-27)32(46)22-43(3)4;1-21-12-15-24(19-28(21)35(38,39)40)41-33(45)27-10-6-18-42(34(46)31-22(2)7-5-11-29(31)37)32(27)23-13-16-26(17-14-23)43(30(44)20-36)25-8-3-4-9-25;1-20-12-15-25(19-27(20)33(35,36)37)39-31(41)26-10-6-18-40(32(42)29-21(2)7-5-11-28(29)34)30(26)22-13-16-24(17-14-22)38-23-8-3-4-9-23;3-1-2(4)5;1-3-2;;/h7,9,13-19,21,27,29,34H,5-6,8,10-12,20,22H2,1-4H3,(H,42,47);5,7,11-17,19,25,27,32H,3-4,6,8-10,18,20H2,1-2H3,(H,41,45);5,7,11-17,19,23,26,30,38H,3-4,6,8-10,18H2,1-2H3,(H,39,41);1H2;3H,1-2H3;2*1H4/t29-,34-;27-,32-;26-,30-;;;;/m000..../s1. The van der Waals surface area contributed by atoms with Crippen molar-refractivity contribution in [2.24, 2.45) is 17.8 Å². The van der Waals surface area contributed by atoms with E-state index >= 15 is 8.78 Å². The Bertz CT molecular complexity index is 5940. The normalized spacial score (nSPS) is 18.1. The molecule has 3 saturated carbocycles. The molecule has 0 spiro atoms. The van der Waals surface area contributed by atoms with E-state index in [9.17, 15) is 87.1 Å². The van der Waals surface area contributed by atoms with Crippen molar-refractivity contribution >= 4 is 121 Å². The molecule has 6 fully saturated rings. The molecule has 146 heavy (non-hydrogen) atoms. The molecule has 0 radical (unpaired) electrons. The van der Waals surface area contributed by atoms with Gasteiger partial charge in [-0.25, -0.2) is 13.2 Å². The van der Waals surface area contributed by atoms with Crippen LogP contribution < -0.4 is 36.4 Å². The third kappa shape index (κ3) is 29.8. The summed E-state index contributed by atoms with van der Waals surface area (Å²) in [6.45, 7) is 10.1. The first-order valence-corrected chi connectivity index (χ1v) is 49.7. The molecule has 0 aromatic heterocycles. The van der Waals surface area contributed by atoms with Gasteiger partial charge in [0, 0.05) is 71.9 Å². The molecule has 788 valence electrons. The van der Waals surface area contributed by atoms with Crippen LogP contribution in [0.15, 0.2) is 182 Å². The SMILES string of the molecule is C.C.CNC.Cc1ccc(NC(=O)[C@H]2CCCN(C(=O)c3c(C)cccc3F)[C@H]2c2ccc(N(C(=O)CCl)C3CCCC3)cc2)cc1C(F)(F)F.Cc1ccc(NC(=O)[C@H]2CCCN(C(=O)c3c(C)cccc3F)[C@H]2c2ccc(N(C(=O)CN(C)C)C3CCCC3)cc2)cc1C(F)(F)F.Cc1ccc(NC(=O)[C@H]2CCCN(C(=O)c3c(C)cccc3F)[C@H]2c2ccc(NC3CCCC3)cc2)cc1C(F)(F)F.O=C(Cl)CCl. The molecule has 3 heterocycles. The van der Waals surface area contributed by atoms with Crippen molar-refractivity contribution in [3.63, 3.8) is 0 Å². The molecule has 15 rings (SSSR count). The number of likely N-dealkylation sites (N-methyl/N-ethyl adjacent to an activating group) is 1. The highest BCUT2D eigenvalue weighted by Crippen LogP contribution is 2.47. The number of halogens is 15. The van der Waals surface area contributed by atoms with Gasteiger partial charge in [-0.15, -0.1) is 23.2 Å². The van der Waals surface area contributed by atoms with Crippen LogP contribution in [0, 0.1) is 76.7 Å². The number of aryl methyl sites for hydroxylation is 6. The van der Waals surface area contributed by atoms with Crippen molar-refractivity contribution in [3.8, 4) is 0 Å². The Hall–Kier alpha value is -11.8. The van der Waals surface area contributed by atoms with Crippen LogP contribution in [0.3, 0.4) is 0 Å². The summed E-state index contributed by atoms with van der Waals surface area (Å²) in [5, 5.41) is 13.8. The fourth-order valence-electron chi connectivity index (χ4n) is 20.2. The van der Waals surface area contributed by atoms with Crippen molar-refractivity contribution in [2.45, 2.75) is 227 Å². The van der Waals surface area contributed by atoms with E-state index in [1.165, 1.54) is 121 Å². The summed E-state index contributed by atoms with van der Waals surface area (Å²) in [5.41, 5.74) is 2.90. The van der Waals surface area contributed by atoms with Gasteiger partial charge in [0.05, 0.1) is 81.7 Å². The largest absolute Gasteiger partial charge is 0.416 e. The lowest BCUT2D eigenvalue weighted by atomic mass is 9.83. The van der Waals surface area contributed by atoms with Gasteiger partial charge in [0.25, 0.3) is 17.7 Å². The fourth-order valence-corrected chi connectivity index (χ4v) is 20.3. The number of nitrogens with one attached hydrogen (secondary N) is 5. The molecule has 0 bridgehead atoms. The van der Waals surface area contributed by atoms with Crippen LogP contribution in [-0.2, 0) is 47.3 Å². The Morgan fingerprint density at radius 1 is 0.363 bits per heavy atom. The van der Waals surface area contributed by atoms with Crippen LogP contribution in [0.25, 0.3) is 0 Å². The molecule has 20 nitrogen and oxygen atoms in total. The van der Waals surface area contributed by atoms with Crippen molar-refractivity contribution in [2.75, 3.05) is 97.2 Å². The highest BCUT2D eigenvalue weighted by Gasteiger charge is 2.47. The minimum atomic E-state index is -4.60. The smallest absolute Gasteiger partial charge is 0.382 e. The van der Waals surface area contributed by atoms with Gasteiger partial charge in [0.1, 0.15) is 23.3 Å². The quantitative estimate of drug-likeness (QED) is 0.0242. The van der Waals surface area contributed by atoms with Gasteiger partial charge in [0.15, 0.2) is 0 Å². The molecule has 6 atom stereocenters. The number of rotatable bonds is 22. The van der Waals surface area contributed by atoms with E-state index in [-0.39, 0.29) is 121 Å². The Balaban J connectivity index is 0.000000233. The van der Waals surface area contributed by atoms with Crippen molar-refractivity contribution in [1.82, 2.24) is 24.9 Å². The highest BCUT2D eigenvalue weighted by molar-refractivity contribution is 6.67. The van der Waals surface area contributed by atoms with Crippen LogP contribution in [0.2, 0.25) is 0 Å². The number of nitrogens with zero attached hydrogens (tertiary/aromatic N) is 6. The number of anilines is 6. The van der Waals surface area contributed by atoms with Crippen LogP contribution in [-0.4, -0.2) is 156 Å². The molecule has 5 N–H and O–H groups in total. The number of hydrogen-bond donors (Lipinski definition) is 5. The van der Waals surface area contributed by atoms with Gasteiger partial charge < -0.3 is 56.0 Å². The second-order valence-electron chi connectivity index (χ2n) is 37.6. The lowest BCUT2D eigenvalue weighted by Crippen LogP contribution is -2.47. The summed E-state index contributed by atoms with van der Waals surface area (Å²) in [6.07, 6.45) is 0.848. The molecule has 9 aromatic rings. The predicted octanol–water partition coefficient (Wildman–Crippen LogP) is 25.9. The fraction of sp³-hybridized carbons (Fsp3) is 0.432. The van der Waals surface area contributed by atoms with Gasteiger partial charge in [-0.1, -0.05) is 144 Å². The molecule has 9 aromatic carbocycles. The molecule has 6 aliphatic rings. The number of piperidine rings is 3. The first kappa shape index (κ1) is 118. The van der Waals surface area contributed by atoms with Crippen molar-refractivity contribution < 1.29 is 95.8 Å². The molecule has 35 heteroatoms. The molecular weight excluding hydrogens is 1970 g/mol. The molecule has 3 aliphatic heterocycles. The summed E-state index contributed by atoms with van der Waals surface area (Å²) in [7, 11) is 7.43. The summed E-state index contributed by atoms with van der Waals surface area (Å²) in [4.78, 5) is 129. The number of hydrogen-bond acceptors (Lipinski definition) is 12. The Kier molecular flexibility index (Phi) is 42.9. The highest BCUT2D eigenvalue weighted by atomic mass is 35.5. The van der Waals surface area contributed by atoms with Crippen LogP contribution in [0.4, 0.5) is 86.8 Å². The van der Waals surface area contributed by atoms with Crippen molar-refractivity contribution in [1.29, 1.82) is 0 Å². The minimum Gasteiger partial charge on any atom is -0.382 e. The van der Waals surface area contributed by atoms with Gasteiger partial charge in [-0.05, 0) is 299 Å². The van der Waals surface area contributed by atoms with Gasteiger partial charge in [0.2, 0.25) is 34.8 Å². The number of alkyl halides is 11. The van der Waals surface area contributed by atoms with Crippen LogP contribution >= 0.6 is 34.8 Å². The summed E-state index contributed by atoms with van der Waals surface area (Å²) < 4.78 is 167. The maximum Gasteiger partial charge on any atom is 0.416 e. The topological polar surface area (TPSA) is 233 Å². The Labute approximate surface area is 861 Å². The zero-order valence-electron chi connectivity index (χ0n) is 82.0. The molecule has 3 saturated heterocycles. The average molecular weight is 2100 g/mol. The number of carbonyl (C=O) groups is 9. The summed E-state index contributed by atoms with van der Waals surface area (Å²) in [5.74, 6) is -8.26. The maximum absolute atomic E-state index is 15.1. The minimum absolute atomic E-state index is 0. The number of amides is 8. The molecule has 8 amide bonds. The molecular formula is C111H130Cl3F12N11O9. The van der Waals surface area contributed by atoms with E-state index in [4.69, 9.17) is 34.8 Å². The van der Waals surface area contributed by atoms with Crippen LogP contribution in [0.5, 0.6) is 0 Å². The zero-order chi connectivity index (χ0) is 105. The predicted molar refractivity (Wildman–Crippen MR) is 551 cm³/mol. The lowest BCUT2D eigenvalue weighted by Gasteiger charge is -2.41. The maximum atomic E-state index is 15.1. The monoisotopic (exact) mass is 2090 g/mol. The number of carbonyl (C=O) groups excluding carboxylic acids is 9. The van der Waals surface area contributed by atoms with Gasteiger partial charge in [-0.2, -0.15) is 39.5 Å². The van der Waals surface area contributed by atoms with Crippen LogP contribution in [0.1, 0.15) is 246 Å². The van der Waals surface area contributed by atoms with E-state index in [0.717, 1.165) is 88.1 Å². The summed E-state index contributed by atoms with van der Waals surface area (Å²) >= 11 is 15.5. The van der Waals surface area contributed by atoms with E-state index in [2.05, 4.69) is 26.6 Å². The Morgan fingerprint density at radius 2 is 0.637 bits per heavy atom. The zero-order valence-corrected chi connectivity index (χ0v) is 84.3. The van der Waals surface area contributed by atoms with E-state index < -0.39 is 129 Å². The number of benzene rings is 9. The molecule has 0 unspecified atom stereocenters. The summed E-state index contributed by atoms with van der Waals surface area (Å²) in [6, 6.07) is 44.0. The van der Waals surface area contributed by atoms with E-state index in [1.807, 2.05) is 74.4 Å². The first-order valence-electron chi connectivity index (χ1n) is 48.3. The van der Waals surface area contributed by atoms with Gasteiger partial charge in [-0.3, -0.25) is 43.2 Å². The lowest BCUT2D eigenvalue weighted by molar-refractivity contribution is -0.138. The van der Waals surface area contributed by atoms with E-state index in [1.54, 1.807) is 80.3 Å². The second kappa shape index (κ2) is 53.2. The number of likely N-dealkylation sites (tertiary alicyclic amines) is 3. The second-order valence-corrected chi connectivity index (χ2v) is 38.6. The molecule has 3 aliphatic carbocycles. The van der Waals surface area contributed by atoms with E-state index in [0.29, 0.717) is 95.9 Å². The van der Waals surface area contributed by atoms with Gasteiger partial charge >= 0.3 is 18.5 Å². The average Bonchev–Trinajstić information content (AvgIpc) is 0.947. The third-order valence-corrected chi connectivity index (χ3v) is 27.8. The Morgan fingerprint density at radius 3 is 0.904 bits per heavy atom. The third-order valence-electron chi connectivity index (χ3n) is 27.0.